The number of nitrogens with one attached hydrogen (secondary N) is 2. The summed E-state index contributed by atoms with van der Waals surface area (Å²) in [5.74, 6) is 0.487. The smallest absolute Gasteiger partial charge is 0.422 e. The summed E-state index contributed by atoms with van der Waals surface area (Å²) in [6, 6.07) is 3.42. The third kappa shape index (κ3) is 6.93. The number of amides is 1. The maximum atomic E-state index is 13.5. The van der Waals surface area contributed by atoms with Gasteiger partial charge in [-0.3, -0.25) is 14.2 Å². The first-order valence-corrected chi connectivity index (χ1v) is 16.5. The predicted molar refractivity (Wildman–Crippen MR) is 170 cm³/mol. The number of anilines is 3. The molecule has 242 valence electrons. The summed E-state index contributed by atoms with van der Waals surface area (Å²) in [4.78, 5) is 53.6. The molecule has 0 aromatic carbocycles. The molecule has 1 saturated heterocycles. The molecule has 45 heavy (non-hydrogen) atoms. The summed E-state index contributed by atoms with van der Waals surface area (Å²) < 4.78 is 35.5. The molecule has 2 N–H and O–H groups in total. The fourth-order valence-corrected chi connectivity index (χ4v) is 7.16. The summed E-state index contributed by atoms with van der Waals surface area (Å²) in [5, 5.41) is 3.78. The zero-order valence-corrected chi connectivity index (χ0v) is 27.3. The highest BCUT2D eigenvalue weighted by Gasteiger charge is 2.34. The van der Waals surface area contributed by atoms with Crippen molar-refractivity contribution in [2.24, 2.45) is 0 Å². The minimum absolute atomic E-state index is 0.0237. The fraction of sp³-hybridized carbons (Fsp3) is 0.533. The number of rotatable bonds is 7. The third-order valence-corrected chi connectivity index (χ3v) is 9.55. The van der Waals surface area contributed by atoms with Crippen LogP contribution < -0.4 is 20.5 Å². The van der Waals surface area contributed by atoms with Gasteiger partial charge in [-0.2, -0.15) is 17.7 Å². The van der Waals surface area contributed by atoms with Crippen molar-refractivity contribution < 1.29 is 22.7 Å². The van der Waals surface area contributed by atoms with Crippen molar-refractivity contribution in [1.82, 2.24) is 28.5 Å². The molecule has 3 aromatic rings. The molecular weight excluding hydrogens is 600 g/mol. The molecule has 1 aliphatic carbocycles. The Balaban J connectivity index is 1.31. The number of ketones is 1. The molecule has 14 nitrogen and oxygen atoms in total. The van der Waals surface area contributed by atoms with Crippen molar-refractivity contribution in [3.05, 3.63) is 46.0 Å². The lowest BCUT2D eigenvalue weighted by Gasteiger charge is -2.40. The van der Waals surface area contributed by atoms with E-state index in [0.29, 0.717) is 29.0 Å². The Hall–Kier alpha value is -4.11. The molecule has 2 fully saturated rings. The number of hydrogen-bond acceptors (Lipinski definition) is 11. The van der Waals surface area contributed by atoms with Crippen molar-refractivity contribution in [2.75, 3.05) is 29.9 Å². The molecule has 1 atom stereocenters. The van der Waals surface area contributed by atoms with Crippen molar-refractivity contribution in [3.8, 4) is 0 Å². The number of Topliss-reactive ketones (excluding diaryl/α,β-unsaturated/α-hetero) is 1. The highest BCUT2D eigenvalue weighted by Crippen LogP contribution is 2.32. The monoisotopic (exact) mass is 640 g/mol. The van der Waals surface area contributed by atoms with Gasteiger partial charge in [0.15, 0.2) is 5.78 Å². The number of carbonyl (C=O) groups excluding carboxylic acids is 2. The quantitative estimate of drug-likeness (QED) is 0.360. The molecule has 3 aromatic heterocycles. The topological polar surface area (TPSA) is 169 Å². The fourth-order valence-electron chi connectivity index (χ4n) is 6.05. The Bertz CT molecular complexity index is 1780. The Morgan fingerprint density at radius 1 is 1.07 bits per heavy atom. The van der Waals surface area contributed by atoms with Crippen LogP contribution in [0.2, 0.25) is 0 Å². The van der Waals surface area contributed by atoms with Crippen molar-refractivity contribution >= 4 is 50.6 Å². The van der Waals surface area contributed by atoms with E-state index in [0.717, 1.165) is 31.4 Å². The van der Waals surface area contributed by atoms with Gasteiger partial charge < -0.3 is 15.0 Å². The van der Waals surface area contributed by atoms with Crippen LogP contribution in [-0.2, 0) is 14.9 Å². The molecule has 5 rings (SSSR count). The van der Waals surface area contributed by atoms with Gasteiger partial charge in [-0.25, -0.2) is 19.5 Å². The van der Waals surface area contributed by atoms with Gasteiger partial charge in [0.1, 0.15) is 17.1 Å². The van der Waals surface area contributed by atoms with Gasteiger partial charge in [-0.1, -0.05) is 12.8 Å². The van der Waals surface area contributed by atoms with Crippen LogP contribution in [0.25, 0.3) is 11.0 Å². The van der Waals surface area contributed by atoms with Crippen LogP contribution in [0, 0.1) is 6.92 Å². The second-order valence-electron chi connectivity index (χ2n) is 12.6. The van der Waals surface area contributed by atoms with Gasteiger partial charge >= 0.3 is 16.3 Å². The van der Waals surface area contributed by atoms with Crippen LogP contribution in [0.5, 0.6) is 0 Å². The van der Waals surface area contributed by atoms with E-state index in [9.17, 15) is 22.8 Å². The van der Waals surface area contributed by atoms with Crippen LogP contribution in [0.3, 0.4) is 0 Å². The first-order chi connectivity index (χ1) is 21.1. The molecule has 0 spiro atoms. The van der Waals surface area contributed by atoms with E-state index in [2.05, 4.69) is 15.3 Å². The Kier molecular flexibility index (Phi) is 8.86. The van der Waals surface area contributed by atoms with Crippen LogP contribution in [-0.4, -0.2) is 75.4 Å². The van der Waals surface area contributed by atoms with E-state index in [1.165, 1.54) is 11.2 Å². The average Bonchev–Trinajstić information content (AvgIpc) is 3.46. The number of nitrogens with zero attached hydrogens (tertiary/aromatic N) is 6. The lowest BCUT2D eigenvalue weighted by molar-refractivity contribution is 0.0566. The normalized spacial score (nSPS) is 18.3. The average molecular weight is 641 g/mol. The van der Waals surface area contributed by atoms with Gasteiger partial charge in [-0.05, 0) is 72.1 Å². The Labute approximate surface area is 262 Å². The maximum absolute atomic E-state index is 13.5. The summed E-state index contributed by atoms with van der Waals surface area (Å²) in [6.07, 6.45) is 6.03. The lowest BCUT2D eigenvalue weighted by Crippen LogP contribution is -2.57. The van der Waals surface area contributed by atoms with Crippen LogP contribution >= 0.6 is 0 Å². The molecule has 4 heterocycles. The molecule has 0 bridgehead atoms. The number of piperazine rings is 1. The molecule has 0 radical (unpaired) electrons. The van der Waals surface area contributed by atoms with Crippen molar-refractivity contribution in [1.29, 1.82) is 0 Å². The Morgan fingerprint density at radius 2 is 1.78 bits per heavy atom. The van der Waals surface area contributed by atoms with E-state index >= 15 is 0 Å². The number of aromatic nitrogens is 4. The van der Waals surface area contributed by atoms with Crippen molar-refractivity contribution in [2.45, 2.75) is 84.9 Å². The minimum atomic E-state index is -4.07. The SMILES string of the molecule is CC(=O)c1c(C)c2cnc(Nc3ccc(N4CCN(S(=O)(=O)NC(=O)OC(C)(C)C)C[C@@H]4C)cn3)nc2n(C2CCCC2)c1=O. The lowest BCUT2D eigenvalue weighted by atomic mass is 10.0. The van der Waals surface area contributed by atoms with Gasteiger partial charge in [0.05, 0.1) is 17.4 Å². The third-order valence-electron chi connectivity index (χ3n) is 8.11. The zero-order valence-electron chi connectivity index (χ0n) is 26.5. The summed E-state index contributed by atoms with van der Waals surface area (Å²) in [7, 11) is -4.07. The van der Waals surface area contributed by atoms with Crippen LogP contribution in [0.1, 0.15) is 82.3 Å². The molecule has 1 aliphatic heterocycles. The zero-order chi connectivity index (χ0) is 32.7. The summed E-state index contributed by atoms with van der Waals surface area (Å²) in [6.45, 7) is 10.8. The van der Waals surface area contributed by atoms with E-state index in [1.807, 2.05) is 22.6 Å². The van der Waals surface area contributed by atoms with Gasteiger partial charge in [-0.15, -0.1) is 0 Å². The van der Waals surface area contributed by atoms with E-state index < -0.39 is 21.9 Å². The van der Waals surface area contributed by atoms with Gasteiger partial charge in [0.25, 0.3) is 5.56 Å². The second-order valence-corrected chi connectivity index (χ2v) is 14.3. The highest BCUT2D eigenvalue weighted by molar-refractivity contribution is 7.87. The summed E-state index contributed by atoms with van der Waals surface area (Å²) in [5.41, 5.74) is 0.918. The van der Waals surface area contributed by atoms with E-state index in [1.54, 1.807) is 50.7 Å². The summed E-state index contributed by atoms with van der Waals surface area (Å²) >= 11 is 0. The molecule has 2 aliphatic rings. The maximum Gasteiger partial charge on any atom is 0.422 e. The molecule has 1 amide bonds. The molecule has 1 saturated carbocycles. The number of hydrogen-bond donors (Lipinski definition) is 2. The van der Waals surface area contributed by atoms with Crippen LogP contribution in [0.4, 0.5) is 22.2 Å². The number of aryl methyl sites for hydroxylation is 1. The molecule has 15 heteroatoms. The first-order valence-electron chi connectivity index (χ1n) is 15.1. The minimum Gasteiger partial charge on any atom is -0.443 e. The van der Waals surface area contributed by atoms with E-state index in [-0.39, 0.29) is 48.0 Å². The number of fused-ring (bicyclic) bond motifs is 1. The largest absolute Gasteiger partial charge is 0.443 e. The molecular formula is C30H40N8O6S. The first kappa shape index (κ1) is 32.3. The number of carbonyl (C=O) groups is 2. The van der Waals surface area contributed by atoms with Gasteiger partial charge in [0, 0.05) is 43.3 Å². The van der Waals surface area contributed by atoms with Crippen molar-refractivity contribution in [3.63, 3.8) is 0 Å². The Morgan fingerprint density at radius 3 is 2.38 bits per heavy atom. The van der Waals surface area contributed by atoms with Gasteiger partial charge in [0.2, 0.25) is 5.95 Å². The predicted octanol–water partition coefficient (Wildman–Crippen LogP) is 3.84. The van der Waals surface area contributed by atoms with Crippen LogP contribution in [0.15, 0.2) is 29.3 Å². The second kappa shape index (κ2) is 12.4. The standard InChI is InChI=1S/C30H40N8O6S/c1-18-17-36(45(42,43)35-29(41)44-30(4,5)6)13-14-37(18)22-11-12-24(31-15-22)33-28-32-16-23-19(2)25(20(3)39)27(40)38(26(23)34-28)21-9-7-8-10-21/h11-12,15-16,18,21H,7-10,13-14,17H2,1-6H3,(H,35,41)(H,31,32,33,34)/t18-/m0/s1. The van der Waals surface area contributed by atoms with E-state index in [4.69, 9.17) is 9.72 Å². The molecule has 0 unspecified atom stereocenters. The number of ether oxygens (including phenoxy) is 1. The highest BCUT2D eigenvalue weighted by atomic mass is 32.2. The number of pyridine rings is 2.